The molecule has 3 fully saturated rings. The van der Waals surface area contributed by atoms with Crippen LogP contribution in [0.3, 0.4) is 0 Å². The zero-order valence-corrected chi connectivity index (χ0v) is 14.8. The number of carboxylic acid groups (broad SMARTS) is 1. The molecule has 2 heterocycles. The zero-order valence-electron chi connectivity index (χ0n) is 14.8. The maximum Gasteiger partial charge on any atom is 0.313 e. The van der Waals surface area contributed by atoms with Crippen LogP contribution in [0.5, 0.6) is 0 Å². The molecule has 1 saturated carbocycles. The van der Waals surface area contributed by atoms with E-state index in [2.05, 4.69) is 4.90 Å². The van der Waals surface area contributed by atoms with Crippen molar-refractivity contribution in [1.29, 1.82) is 0 Å². The lowest BCUT2D eigenvalue weighted by molar-refractivity contribution is -0.148. The summed E-state index contributed by atoms with van der Waals surface area (Å²) in [5.74, 6) is -6.00. The van der Waals surface area contributed by atoms with E-state index in [1.807, 2.05) is 0 Å². The number of benzene rings is 1. The van der Waals surface area contributed by atoms with E-state index in [-0.39, 0.29) is 19.0 Å². The monoisotopic (exact) mass is 382 g/mol. The second-order valence-electron chi connectivity index (χ2n) is 8.06. The van der Waals surface area contributed by atoms with Crippen molar-refractivity contribution in [2.75, 3.05) is 32.7 Å². The summed E-state index contributed by atoms with van der Waals surface area (Å²) >= 11 is 0. The van der Waals surface area contributed by atoms with Gasteiger partial charge in [0.2, 0.25) is 0 Å². The second-order valence-corrected chi connectivity index (χ2v) is 8.06. The summed E-state index contributed by atoms with van der Waals surface area (Å²) in [7, 11) is 0. The number of hydrogen-bond acceptors (Lipinski definition) is 3. The molecule has 0 unspecified atom stereocenters. The molecule has 8 heteroatoms. The molecule has 1 N–H and O–H groups in total. The Bertz CT molecular complexity index is 799. The standard InChI is InChI=1S/C19H21F3N2O3/c20-14-5-4-13(15(21)16(14)22)17(25)24-8-12-7-23(6-11-2-1-3-11)9-19(12,10-24)18(26)27/h4-5,11-12H,1-3,6-10H2,(H,26,27)/t12-,19-/m0/s1. The van der Waals surface area contributed by atoms with E-state index < -0.39 is 40.3 Å². The highest BCUT2D eigenvalue weighted by Gasteiger charge is 2.58. The first kappa shape index (κ1) is 18.3. The van der Waals surface area contributed by atoms with Crippen LogP contribution in [0.15, 0.2) is 12.1 Å². The predicted octanol–water partition coefficient (Wildman–Crippen LogP) is 2.36. The second kappa shape index (κ2) is 6.51. The average molecular weight is 382 g/mol. The number of carbonyl (C=O) groups is 2. The summed E-state index contributed by atoms with van der Waals surface area (Å²) in [6, 6.07) is 1.61. The molecule has 1 aromatic rings. The van der Waals surface area contributed by atoms with Crippen LogP contribution >= 0.6 is 0 Å². The number of halogens is 3. The number of rotatable bonds is 4. The van der Waals surface area contributed by atoms with Crippen molar-refractivity contribution in [3.63, 3.8) is 0 Å². The Labute approximate surface area is 154 Å². The Morgan fingerprint density at radius 2 is 1.85 bits per heavy atom. The van der Waals surface area contributed by atoms with Crippen LogP contribution in [0, 0.1) is 34.7 Å². The number of carboxylic acids is 1. The van der Waals surface area contributed by atoms with Gasteiger partial charge >= 0.3 is 5.97 Å². The highest BCUT2D eigenvalue weighted by atomic mass is 19.2. The van der Waals surface area contributed by atoms with Gasteiger partial charge in [-0.3, -0.25) is 9.59 Å². The summed E-state index contributed by atoms with van der Waals surface area (Å²) in [6.45, 7) is 1.92. The van der Waals surface area contributed by atoms with Crippen molar-refractivity contribution in [2.45, 2.75) is 19.3 Å². The summed E-state index contributed by atoms with van der Waals surface area (Å²) < 4.78 is 40.6. The third-order valence-electron chi connectivity index (χ3n) is 6.40. The summed E-state index contributed by atoms with van der Waals surface area (Å²) in [6.07, 6.45) is 3.55. The van der Waals surface area contributed by atoms with Crippen molar-refractivity contribution in [3.05, 3.63) is 35.1 Å². The summed E-state index contributed by atoms with van der Waals surface area (Å²) in [4.78, 5) is 28.1. The van der Waals surface area contributed by atoms with E-state index in [9.17, 15) is 27.9 Å². The SMILES string of the molecule is O=C(c1ccc(F)c(F)c1F)N1C[C@@H]2CN(CC3CCC3)C[C@]2(C(=O)O)C1. The topological polar surface area (TPSA) is 60.9 Å². The molecular formula is C19H21F3N2O3. The highest BCUT2D eigenvalue weighted by molar-refractivity contribution is 5.95. The van der Waals surface area contributed by atoms with Gasteiger partial charge in [0.25, 0.3) is 5.91 Å². The molecule has 0 radical (unpaired) electrons. The van der Waals surface area contributed by atoms with Gasteiger partial charge in [0.15, 0.2) is 17.5 Å². The van der Waals surface area contributed by atoms with Gasteiger partial charge in [-0.15, -0.1) is 0 Å². The number of aliphatic carboxylic acids is 1. The van der Waals surface area contributed by atoms with E-state index >= 15 is 0 Å². The van der Waals surface area contributed by atoms with Gasteiger partial charge in [-0.05, 0) is 30.9 Å². The minimum atomic E-state index is -1.69. The molecule has 0 bridgehead atoms. The van der Waals surface area contributed by atoms with Crippen LogP contribution < -0.4 is 0 Å². The van der Waals surface area contributed by atoms with Gasteiger partial charge in [-0.1, -0.05) is 6.42 Å². The van der Waals surface area contributed by atoms with Gasteiger partial charge < -0.3 is 14.9 Å². The third kappa shape index (κ3) is 2.90. The van der Waals surface area contributed by atoms with Crippen molar-refractivity contribution in [3.8, 4) is 0 Å². The first-order valence-electron chi connectivity index (χ1n) is 9.20. The molecule has 2 atom stereocenters. The summed E-state index contributed by atoms with van der Waals surface area (Å²) in [5.41, 5.74) is -1.66. The molecular weight excluding hydrogens is 361 g/mol. The van der Waals surface area contributed by atoms with Crippen molar-refractivity contribution >= 4 is 11.9 Å². The Morgan fingerprint density at radius 3 is 2.44 bits per heavy atom. The predicted molar refractivity (Wildman–Crippen MR) is 89.6 cm³/mol. The normalized spacial score (nSPS) is 28.3. The van der Waals surface area contributed by atoms with Crippen LogP contribution in [0.2, 0.25) is 0 Å². The van der Waals surface area contributed by atoms with E-state index in [1.165, 1.54) is 24.2 Å². The lowest BCUT2D eigenvalue weighted by Crippen LogP contribution is -2.43. The number of hydrogen-bond donors (Lipinski definition) is 1. The maximum atomic E-state index is 14.0. The molecule has 1 aromatic carbocycles. The molecule has 2 saturated heterocycles. The van der Waals surface area contributed by atoms with Gasteiger partial charge in [0, 0.05) is 38.6 Å². The van der Waals surface area contributed by atoms with Crippen LogP contribution in [0.25, 0.3) is 0 Å². The van der Waals surface area contributed by atoms with E-state index in [0.717, 1.165) is 12.6 Å². The molecule has 146 valence electrons. The fourth-order valence-corrected chi connectivity index (χ4v) is 4.67. The minimum Gasteiger partial charge on any atom is -0.481 e. The zero-order chi connectivity index (χ0) is 19.3. The fourth-order valence-electron chi connectivity index (χ4n) is 4.67. The number of amides is 1. The van der Waals surface area contributed by atoms with Gasteiger partial charge in [-0.2, -0.15) is 0 Å². The van der Waals surface area contributed by atoms with Crippen LogP contribution in [0.4, 0.5) is 13.2 Å². The Balaban J connectivity index is 1.52. The fraction of sp³-hybridized carbons (Fsp3) is 0.579. The van der Waals surface area contributed by atoms with E-state index in [4.69, 9.17) is 0 Å². The molecule has 5 nitrogen and oxygen atoms in total. The number of carbonyl (C=O) groups excluding carboxylic acids is 1. The van der Waals surface area contributed by atoms with Gasteiger partial charge in [0.1, 0.15) is 5.41 Å². The Kier molecular flexibility index (Phi) is 4.41. The molecule has 2 aliphatic heterocycles. The maximum absolute atomic E-state index is 14.0. The van der Waals surface area contributed by atoms with Crippen LogP contribution in [-0.4, -0.2) is 59.5 Å². The van der Waals surface area contributed by atoms with Gasteiger partial charge in [-0.25, -0.2) is 13.2 Å². The molecule has 0 spiro atoms. The molecule has 1 aliphatic carbocycles. The van der Waals surface area contributed by atoms with Crippen molar-refractivity contribution < 1.29 is 27.9 Å². The van der Waals surface area contributed by atoms with Gasteiger partial charge in [0.05, 0.1) is 5.56 Å². The van der Waals surface area contributed by atoms with Crippen LogP contribution in [-0.2, 0) is 4.79 Å². The molecule has 3 aliphatic rings. The first-order valence-corrected chi connectivity index (χ1v) is 9.20. The molecule has 0 aromatic heterocycles. The lowest BCUT2D eigenvalue weighted by Gasteiger charge is -2.31. The molecule has 4 rings (SSSR count). The van der Waals surface area contributed by atoms with Crippen molar-refractivity contribution in [1.82, 2.24) is 9.80 Å². The minimum absolute atomic E-state index is 0.0502. The van der Waals surface area contributed by atoms with Crippen LogP contribution in [0.1, 0.15) is 29.6 Å². The smallest absolute Gasteiger partial charge is 0.313 e. The number of likely N-dealkylation sites (tertiary alicyclic amines) is 2. The molecule has 1 amide bonds. The first-order chi connectivity index (χ1) is 12.8. The number of nitrogens with zero attached hydrogens (tertiary/aromatic N) is 2. The molecule has 27 heavy (non-hydrogen) atoms. The van der Waals surface area contributed by atoms with Crippen molar-refractivity contribution in [2.24, 2.45) is 17.3 Å². The average Bonchev–Trinajstić information content (AvgIpc) is 3.11. The number of fused-ring (bicyclic) bond motifs is 1. The van der Waals surface area contributed by atoms with E-state index in [1.54, 1.807) is 0 Å². The Morgan fingerprint density at radius 1 is 1.11 bits per heavy atom. The lowest BCUT2D eigenvalue weighted by atomic mass is 9.81. The van der Waals surface area contributed by atoms with E-state index in [0.29, 0.717) is 25.1 Å². The summed E-state index contributed by atoms with van der Waals surface area (Å²) in [5, 5.41) is 9.85. The Hall–Kier alpha value is -2.09. The third-order valence-corrected chi connectivity index (χ3v) is 6.40. The highest BCUT2D eigenvalue weighted by Crippen LogP contribution is 2.44. The largest absolute Gasteiger partial charge is 0.481 e. The quantitative estimate of drug-likeness (QED) is 0.813.